The van der Waals surface area contributed by atoms with E-state index in [1.165, 1.54) is 47.7 Å². The van der Waals surface area contributed by atoms with Gasteiger partial charge >= 0.3 is 11.9 Å². The first-order chi connectivity index (χ1) is 16.3. The minimum atomic E-state index is -1.52. The predicted octanol–water partition coefficient (Wildman–Crippen LogP) is 5.40. The molecule has 0 bridgehead atoms. The molecule has 34 heavy (non-hydrogen) atoms. The first-order valence-electron chi connectivity index (χ1n) is 10.3. The van der Waals surface area contributed by atoms with Crippen molar-refractivity contribution in [3.8, 4) is 33.4 Å². The molecule has 1 aromatic heterocycles. The van der Waals surface area contributed by atoms with Gasteiger partial charge in [0.25, 0.3) is 0 Å². The van der Waals surface area contributed by atoms with Gasteiger partial charge in [0.1, 0.15) is 23.0 Å². The molecule has 2 aliphatic heterocycles. The van der Waals surface area contributed by atoms with E-state index in [9.17, 15) is 24.9 Å². The maximum absolute atomic E-state index is 13.0. The van der Waals surface area contributed by atoms with Crippen LogP contribution in [0.4, 0.5) is 0 Å². The van der Waals surface area contributed by atoms with Crippen molar-refractivity contribution in [3.63, 3.8) is 0 Å². The zero-order chi connectivity index (χ0) is 23.8. The van der Waals surface area contributed by atoms with E-state index in [1.54, 1.807) is 12.1 Å². The first kappa shape index (κ1) is 20.3. The molecule has 1 spiro atoms. The summed E-state index contributed by atoms with van der Waals surface area (Å²) in [5.74, 6) is -1.38. The van der Waals surface area contributed by atoms with Gasteiger partial charge in [-0.25, -0.2) is 9.59 Å². The van der Waals surface area contributed by atoms with Crippen molar-refractivity contribution in [3.05, 3.63) is 93.4 Å². The van der Waals surface area contributed by atoms with Gasteiger partial charge in [0.05, 0.1) is 11.1 Å². The van der Waals surface area contributed by atoms with E-state index >= 15 is 0 Å². The third-order valence-corrected chi connectivity index (χ3v) is 7.19. The van der Waals surface area contributed by atoms with Crippen LogP contribution in [0, 0.1) is 6.92 Å². The zero-order valence-electron chi connectivity index (χ0n) is 17.7. The Morgan fingerprint density at radius 2 is 1.68 bits per heavy atom. The summed E-state index contributed by atoms with van der Waals surface area (Å²) in [6.07, 6.45) is 0. The number of fused-ring (bicyclic) bond motifs is 6. The molecule has 168 valence electrons. The van der Waals surface area contributed by atoms with Gasteiger partial charge in [-0.15, -0.1) is 11.3 Å². The fourth-order valence-electron chi connectivity index (χ4n) is 4.65. The lowest BCUT2D eigenvalue weighted by Gasteiger charge is -2.37. The van der Waals surface area contributed by atoms with Crippen molar-refractivity contribution in [1.29, 1.82) is 0 Å². The Balaban J connectivity index is 1.71. The Morgan fingerprint density at radius 1 is 0.882 bits per heavy atom. The monoisotopic (exact) mass is 472 g/mol. The molecule has 8 heteroatoms. The van der Waals surface area contributed by atoms with Gasteiger partial charge in [-0.05, 0) is 55.5 Å². The zero-order valence-corrected chi connectivity index (χ0v) is 18.5. The van der Waals surface area contributed by atoms with Gasteiger partial charge in [0, 0.05) is 44.1 Å². The number of aromatic carboxylic acids is 1. The van der Waals surface area contributed by atoms with Crippen LogP contribution in [0.2, 0.25) is 0 Å². The van der Waals surface area contributed by atoms with Crippen LogP contribution in [0.15, 0.2) is 60.7 Å². The molecule has 1 unspecified atom stereocenters. The Hall–Kier alpha value is -4.30. The molecule has 0 radical (unpaired) electrons. The molecule has 0 saturated carbocycles. The molecule has 4 aromatic rings. The number of carbonyl (C=O) groups excluding carboxylic acids is 1. The quantitative estimate of drug-likeness (QED) is 0.335. The average molecular weight is 472 g/mol. The normalized spacial score (nSPS) is 17.5. The Labute approximate surface area is 197 Å². The number of hydrogen-bond acceptors (Lipinski definition) is 7. The van der Waals surface area contributed by atoms with Gasteiger partial charge in [0.15, 0.2) is 5.60 Å². The Morgan fingerprint density at radius 3 is 2.41 bits per heavy atom. The molecule has 1 atom stereocenters. The van der Waals surface area contributed by atoms with Crippen molar-refractivity contribution >= 4 is 23.3 Å². The smallest absolute Gasteiger partial charge is 0.340 e. The summed E-state index contributed by atoms with van der Waals surface area (Å²) in [4.78, 5) is 26.7. The maximum atomic E-state index is 13.0. The summed E-state index contributed by atoms with van der Waals surface area (Å²) in [5, 5.41) is 30.5. The van der Waals surface area contributed by atoms with Crippen LogP contribution < -0.4 is 4.74 Å². The van der Waals surface area contributed by atoms with E-state index in [2.05, 4.69) is 0 Å². The summed E-state index contributed by atoms with van der Waals surface area (Å²) < 4.78 is 12.1. The SMILES string of the molecule is Cc1ccc(-c2cc3c(cc2O)Oc2cc(O)ccc2C32OC(=O)c3ccc(C(=O)O)cc32)s1. The number of hydrogen-bond donors (Lipinski definition) is 3. The lowest BCUT2D eigenvalue weighted by atomic mass is 9.76. The number of carboxylic acid groups (broad SMARTS) is 1. The molecule has 0 fully saturated rings. The number of phenolic OH excluding ortho intramolecular Hbond substituents is 2. The standard InChI is InChI=1S/C26H16O7S/c1-12-2-7-23(34-12)16-10-19-22(11-20(16)28)32-21-9-14(27)4-6-17(21)26(19)18-8-13(24(29)30)3-5-15(18)25(31)33-26/h2-11,27-28H,1H3,(H,29,30). The van der Waals surface area contributed by atoms with Crippen molar-refractivity contribution in [2.75, 3.05) is 0 Å². The summed E-state index contributed by atoms with van der Waals surface area (Å²) in [6, 6.07) is 15.6. The van der Waals surface area contributed by atoms with E-state index in [1.807, 2.05) is 19.1 Å². The summed E-state index contributed by atoms with van der Waals surface area (Å²) >= 11 is 1.50. The van der Waals surface area contributed by atoms with Crippen LogP contribution in [-0.2, 0) is 10.3 Å². The van der Waals surface area contributed by atoms with Gasteiger partial charge < -0.3 is 24.8 Å². The molecule has 7 nitrogen and oxygen atoms in total. The van der Waals surface area contributed by atoms with Gasteiger partial charge in [-0.2, -0.15) is 0 Å². The number of ether oxygens (including phenoxy) is 2. The number of esters is 1. The van der Waals surface area contributed by atoms with Crippen LogP contribution in [0.1, 0.15) is 42.3 Å². The van der Waals surface area contributed by atoms with Gasteiger partial charge in [-0.1, -0.05) is 0 Å². The highest BCUT2D eigenvalue weighted by atomic mass is 32.1. The molecule has 6 rings (SSSR count). The van der Waals surface area contributed by atoms with Crippen LogP contribution in [0.3, 0.4) is 0 Å². The average Bonchev–Trinajstić information content (AvgIpc) is 3.35. The van der Waals surface area contributed by atoms with E-state index in [0.717, 1.165) is 9.75 Å². The number of rotatable bonds is 2. The lowest BCUT2D eigenvalue weighted by molar-refractivity contribution is 0.0224. The predicted molar refractivity (Wildman–Crippen MR) is 123 cm³/mol. The van der Waals surface area contributed by atoms with E-state index in [4.69, 9.17) is 9.47 Å². The largest absolute Gasteiger partial charge is 0.508 e. The first-order valence-corrected chi connectivity index (χ1v) is 11.2. The van der Waals surface area contributed by atoms with Crippen LogP contribution in [0.5, 0.6) is 23.0 Å². The number of aromatic hydroxyl groups is 2. The fraction of sp³-hybridized carbons (Fsp3) is 0.0769. The molecule has 0 aliphatic carbocycles. The van der Waals surface area contributed by atoms with E-state index < -0.39 is 17.5 Å². The highest BCUT2D eigenvalue weighted by Crippen LogP contribution is 2.58. The third-order valence-electron chi connectivity index (χ3n) is 6.16. The molecule has 0 amide bonds. The number of carboxylic acids is 1. The number of benzene rings is 3. The second kappa shape index (κ2) is 6.85. The molecule has 3 N–H and O–H groups in total. The van der Waals surface area contributed by atoms with Crippen molar-refractivity contribution < 1.29 is 34.4 Å². The Bertz CT molecular complexity index is 1550. The van der Waals surface area contributed by atoms with E-state index in [-0.39, 0.29) is 34.1 Å². The van der Waals surface area contributed by atoms with Crippen LogP contribution in [-0.4, -0.2) is 27.3 Å². The van der Waals surface area contributed by atoms with Gasteiger partial charge in [-0.3, -0.25) is 0 Å². The summed E-state index contributed by atoms with van der Waals surface area (Å²) in [5.41, 5.74) is 0.471. The van der Waals surface area contributed by atoms with Gasteiger partial charge in [0.2, 0.25) is 0 Å². The molecule has 0 saturated heterocycles. The van der Waals surface area contributed by atoms with Crippen molar-refractivity contribution in [2.24, 2.45) is 0 Å². The molecular formula is C26H16O7S. The lowest BCUT2D eigenvalue weighted by Crippen LogP contribution is -2.33. The molecule has 2 aliphatic rings. The van der Waals surface area contributed by atoms with Crippen LogP contribution in [0.25, 0.3) is 10.4 Å². The minimum absolute atomic E-state index is 0.00215. The molecule has 3 heterocycles. The molecular weight excluding hydrogens is 456 g/mol. The number of thiophene rings is 1. The van der Waals surface area contributed by atoms with Crippen molar-refractivity contribution in [1.82, 2.24) is 0 Å². The second-order valence-corrected chi connectivity index (χ2v) is 9.48. The summed E-state index contributed by atoms with van der Waals surface area (Å²) in [7, 11) is 0. The molecule has 3 aromatic carbocycles. The topological polar surface area (TPSA) is 113 Å². The number of aryl methyl sites for hydroxylation is 1. The highest BCUT2D eigenvalue weighted by Gasteiger charge is 2.54. The summed E-state index contributed by atoms with van der Waals surface area (Å²) in [6.45, 7) is 1.96. The van der Waals surface area contributed by atoms with Crippen LogP contribution >= 0.6 is 11.3 Å². The van der Waals surface area contributed by atoms with E-state index in [0.29, 0.717) is 22.3 Å². The minimum Gasteiger partial charge on any atom is -0.508 e. The van der Waals surface area contributed by atoms with Crippen molar-refractivity contribution in [2.45, 2.75) is 12.5 Å². The number of carbonyl (C=O) groups is 2. The Kier molecular flexibility index (Phi) is 4.09. The second-order valence-electron chi connectivity index (χ2n) is 8.19. The third kappa shape index (κ3) is 2.69. The maximum Gasteiger partial charge on any atom is 0.340 e. The highest BCUT2D eigenvalue weighted by molar-refractivity contribution is 7.15. The number of phenols is 2. The fourth-order valence-corrected chi connectivity index (χ4v) is 5.54.